The molecule has 0 bridgehead atoms. The Morgan fingerprint density at radius 3 is 1.21 bits per heavy atom. The van der Waals surface area contributed by atoms with E-state index in [-0.39, 0.29) is 27.6 Å². The van der Waals surface area contributed by atoms with E-state index < -0.39 is 8.60 Å². The molecule has 1 N–H and O–H groups in total. The van der Waals surface area contributed by atoms with E-state index in [1.165, 1.54) is 11.1 Å². The van der Waals surface area contributed by atoms with Crippen LogP contribution >= 0.6 is 8.60 Å². The van der Waals surface area contributed by atoms with Gasteiger partial charge in [0.25, 0.3) is 0 Å². The van der Waals surface area contributed by atoms with Crippen molar-refractivity contribution in [2.75, 3.05) is 0 Å². The van der Waals surface area contributed by atoms with Gasteiger partial charge in [-0.15, -0.1) is 0 Å². The van der Waals surface area contributed by atoms with Crippen LogP contribution in [0.1, 0.15) is 155 Å². The monoisotopic (exact) mass is 540 g/mol. The predicted molar refractivity (Wildman–Crippen MR) is 164 cm³/mol. The van der Waals surface area contributed by atoms with Gasteiger partial charge < -0.3 is 13.9 Å². The highest BCUT2D eigenvalue weighted by Gasteiger charge is 2.38. The van der Waals surface area contributed by atoms with Crippen LogP contribution in [0.15, 0.2) is 24.3 Å². The fourth-order valence-corrected chi connectivity index (χ4v) is 5.83. The summed E-state index contributed by atoms with van der Waals surface area (Å²) in [7, 11) is -2.15. The fourth-order valence-electron chi connectivity index (χ4n) is 5.07. The van der Waals surface area contributed by atoms with Gasteiger partial charge in [-0.05, 0) is 58.5 Å². The first-order valence-corrected chi connectivity index (χ1v) is 15.8. The average Bonchev–Trinajstić information content (AvgIpc) is 2.87. The molecule has 0 spiro atoms. The van der Waals surface area contributed by atoms with Gasteiger partial charge in [-0.2, -0.15) is 0 Å². The van der Waals surface area contributed by atoms with Crippen LogP contribution in [-0.4, -0.2) is 4.89 Å². The Morgan fingerprint density at radius 2 is 0.921 bits per heavy atom. The first kappa shape index (κ1) is 31.0. The van der Waals surface area contributed by atoms with Gasteiger partial charge in [0.2, 0.25) is 0 Å². The summed E-state index contributed by atoms with van der Waals surface area (Å²) in [5.41, 5.74) is 7.12. The SMILES string of the molecule is CCC(C)(C)c1cc2c(c(C(C)(C)CC)c1)OP(O)Oc1c(cc(C(C)(C)CC)cc1C(C)(C)CC)C2C. The lowest BCUT2D eigenvalue weighted by atomic mass is 9.72. The van der Waals surface area contributed by atoms with Crippen LogP contribution in [0.2, 0.25) is 0 Å². The number of fused-ring (bicyclic) bond motifs is 2. The second-order valence-electron chi connectivity index (χ2n) is 14.0. The summed E-state index contributed by atoms with van der Waals surface area (Å²) in [4.78, 5) is 11.3. The summed E-state index contributed by atoms with van der Waals surface area (Å²) in [5, 5.41) is 0. The van der Waals surface area contributed by atoms with E-state index >= 15 is 0 Å². The van der Waals surface area contributed by atoms with Crippen molar-refractivity contribution in [3.63, 3.8) is 0 Å². The molecule has 0 aliphatic carbocycles. The third-order valence-electron chi connectivity index (χ3n) is 10.1. The molecule has 1 aliphatic heterocycles. The average molecular weight is 541 g/mol. The first-order valence-electron chi connectivity index (χ1n) is 14.7. The maximum absolute atomic E-state index is 11.3. The molecular formula is C34H53O3P. The van der Waals surface area contributed by atoms with Gasteiger partial charge in [0.05, 0.1) is 0 Å². The van der Waals surface area contributed by atoms with E-state index in [1.54, 1.807) is 0 Å². The Balaban J connectivity index is 2.47. The molecule has 4 heteroatoms. The van der Waals surface area contributed by atoms with E-state index in [0.717, 1.165) is 59.4 Å². The van der Waals surface area contributed by atoms with Gasteiger partial charge in [-0.25, -0.2) is 0 Å². The van der Waals surface area contributed by atoms with Gasteiger partial charge in [0, 0.05) is 28.2 Å². The first-order chi connectivity index (χ1) is 17.5. The molecule has 0 fully saturated rings. The highest BCUT2D eigenvalue weighted by atomic mass is 31.2. The lowest BCUT2D eigenvalue weighted by molar-refractivity contribution is 0.355. The minimum Gasteiger partial charge on any atom is -0.417 e. The second kappa shape index (κ2) is 10.8. The summed E-state index contributed by atoms with van der Waals surface area (Å²) in [6.45, 7) is 29.6. The Morgan fingerprint density at radius 1 is 0.605 bits per heavy atom. The molecule has 0 atom stereocenters. The van der Waals surface area contributed by atoms with Crippen molar-refractivity contribution in [1.82, 2.24) is 0 Å². The Kier molecular flexibility index (Phi) is 8.78. The molecule has 1 aliphatic rings. The molecule has 0 saturated heterocycles. The molecule has 1 heterocycles. The molecule has 0 aromatic heterocycles. The molecule has 2 aromatic carbocycles. The molecule has 2 aromatic rings. The van der Waals surface area contributed by atoms with Crippen LogP contribution in [0, 0.1) is 0 Å². The molecule has 3 nitrogen and oxygen atoms in total. The summed E-state index contributed by atoms with van der Waals surface area (Å²) in [6.07, 6.45) is 4.03. The Hall–Kier alpha value is -1.57. The van der Waals surface area contributed by atoms with E-state index in [0.29, 0.717) is 0 Å². The maximum Gasteiger partial charge on any atom is 0.460 e. The van der Waals surface area contributed by atoms with E-state index in [1.807, 2.05) is 0 Å². The Labute approximate surface area is 234 Å². The van der Waals surface area contributed by atoms with Crippen molar-refractivity contribution in [3.05, 3.63) is 57.6 Å². The summed E-state index contributed by atoms with van der Waals surface area (Å²) < 4.78 is 12.8. The summed E-state index contributed by atoms with van der Waals surface area (Å²) >= 11 is 0. The minimum absolute atomic E-state index is 0.0282. The largest absolute Gasteiger partial charge is 0.460 e. The smallest absolute Gasteiger partial charge is 0.417 e. The Bertz CT molecular complexity index is 1070. The van der Waals surface area contributed by atoms with Crippen LogP contribution in [0.5, 0.6) is 11.5 Å². The van der Waals surface area contributed by atoms with Gasteiger partial charge in [-0.1, -0.05) is 114 Å². The number of benzene rings is 2. The molecule has 0 amide bonds. The third-order valence-corrected chi connectivity index (χ3v) is 10.7. The number of hydrogen-bond acceptors (Lipinski definition) is 3. The lowest BCUT2D eigenvalue weighted by Gasteiger charge is -2.37. The zero-order valence-electron chi connectivity index (χ0n) is 26.4. The molecule has 38 heavy (non-hydrogen) atoms. The molecule has 212 valence electrons. The molecular weight excluding hydrogens is 487 g/mol. The zero-order chi connectivity index (χ0) is 28.8. The van der Waals surface area contributed by atoms with Crippen molar-refractivity contribution in [3.8, 4) is 11.5 Å². The normalized spacial score (nSPS) is 18.6. The van der Waals surface area contributed by atoms with Crippen LogP contribution in [0.25, 0.3) is 0 Å². The van der Waals surface area contributed by atoms with Crippen molar-refractivity contribution in [2.45, 2.75) is 143 Å². The van der Waals surface area contributed by atoms with Crippen LogP contribution in [-0.2, 0) is 21.7 Å². The topological polar surface area (TPSA) is 38.7 Å². The maximum atomic E-state index is 11.3. The van der Waals surface area contributed by atoms with Crippen molar-refractivity contribution >= 4 is 8.60 Å². The van der Waals surface area contributed by atoms with Crippen LogP contribution in [0.4, 0.5) is 0 Å². The summed E-state index contributed by atoms with van der Waals surface area (Å²) in [6, 6.07) is 9.34. The standard InChI is InChI=1S/C34H53O3P/c1-14-31(6,7)23-18-25-22(5)26-19-24(32(8,9)15-2)21-28(34(12,13)17-4)30(26)37-38(35)36-29(25)27(20-23)33(10,11)16-3/h18-22,35H,14-17H2,1-13H3. The van der Waals surface area contributed by atoms with Crippen molar-refractivity contribution < 1.29 is 13.9 Å². The van der Waals surface area contributed by atoms with Gasteiger partial charge in [0.1, 0.15) is 11.5 Å². The van der Waals surface area contributed by atoms with Crippen LogP contribution in [0.3, 0.4) is 0 Å². The second-order valence-corrected chi connectivity index (χ2v) is 14.8. The highest BCUT2D eigenvalue weighted by molar-refractivity contribution is 7.41. The summed E-state index contributed by atoms with van der Waals surface area (Å²) in [5.74, 6) is 1.65. The quantitative estimate of drug-likeness (QED) is 0.338. The lowest BCUT2D eigenvalue weighted by Crippen LogP contribution is -2.25. The number of rotatable bonds is 8. The van der Waals surface area contributed by atoms with Gasteiger partial charge >= 0.3 is 8.60 Å². The molecule has 0 saturated carbocycles. The van der Waals surface area contributed by atoms with E-state index in [4.69, 9.17) is 9.05 Å². The predicted octanol–water partition coefficient (Wildman–Crippen LogP) is 10.6. The van der Waals surface area contributed by atoms with E-state index in [2.05, 4.69) is 114 Å². The van der Waals surface area contributed by atoms with Crippen molar-refractivity contribution in [2.24, 2.45) is 0 Å². The minimum atomic E-state index is -2.15. The highest BCUT2D eigenvalue weighted by Crippen LogP contribution is 2.55. The fraction of sp³-hybridized carbons (Fsp3) is 0.647. The molecule has 0 unspecified atom stereocenters. The number of hydrogen-bond donors (Lipinski definition) is 1. The van der Waals surface area contributed by atoms with Crippen molar-refractivity contribution in [1.29, 1.82) is 0 Å². The van der Waals surface area contributed by atoms with Crippen LogP contribution < -0.4 is 9.05 Å². The third kappa shape index (κ3) is 5.66. The zero-order valence-corrected chi connectivity index (χ0v) is 27.3. The van der Waals surface area contributed by atoms with E-state index in [9.17, 15) is 4.89 Å². The molecule has 3 rings (SSSR count). The van der Waals surface area contributed by atoms with Gasteiger partial charge in [-0.3, -0.25) is 0 Å². The molecule has 0 radical (unpaired) electrons. The van der Waals surface area contributed by atoms with Gasteiger partial charge in [0.15, 0.2) is 0 Å².